The van der Waals surface area contributed by atoms with Gasteiger partial charge in [-0.1, -0.05) is 126 Å². The van der Waals surface area contributed by atoms with Gasteiger partial charge in [-0.15, -0.1) is 0 Å². The smallest absolute Gasteiger partial charge is 0.227 e. The molecular formula is C34H48BrClN2O2S. The molecule has 0 unspecified atom stereocenters. The van der Waals surface area contributed by atoms with Crippen molar-refractivity contribution in [2.75, 3.05) is 11.5 Å². The lowest BCUT2D eigenvalue weighted by atomic mass is 10.1. The number of rotatable bonds is 20. The van der Waals surface area contributed by atoms with E-state index in [2.05, 4.69) is 40.7 Å². The minimum Gasteiger partial charge on any atom is -1.00 e. The molecule has 0 aliphatic rings. The molecule has 1 amide bonds. The van der Waals surface area contributed by atoms with Crippen molar-refractivity contribution < 1.29 is 31.1 Å². The first kappa shape index (κ1) is 35.3. The zero-order valence-corrected chi connectivity index (χ0v) is 28.1. The summed E-state index contributed by atoms with van der Waals surface area (Å²) in [6.45, 7) is 6.11. The average Bonchev–Trinajstić information content (AvgIpc) is 3.48. The number of anilines is 1. The molecule has 1 heterocycles. The molecular weight excluding hydrogens is 616 g/mol. The summed E-state index contributed by atoms with van der Waals surface area (Å²) in [6, 6.07) is 14.1. The summed E-state index contributed by atoms with van der Waals surface area (Å²) in [5.74, 6) is 0.794. The van der Waals surface area contributed by atoms with Crippen molar-refractivity contribution in [3.05, 3.63) is 75.7 Å². The van der Waals surface area contributed by atoms with Gasteiger partial charge >= 0.3 is 0 Å². The minimum absolute atomic E-state index is 0. The number of carbonyl (C=O) groups excluding carboxylic acids is 1. The number of hydrogen-bond donors (Lipinski definition) is 0. The van der Waals surface area contributed by atoms with E-state index in [0.717, 1.165) is 29.8 Å². The highest BCUT2D eigenvalue weighted by molar-refractivity contribution is 7.07. The fourth-order valence-electron chi connectivity index (χ4n) is 4.96. The summed E-state index contributed by atoms with van der Waals surface area (Å²) < 4.78 is 8.23. The summed E-state index contributed by atoms with van der Waals surface area (Å²) in [5.41, 5.74) is 5.17. The van der Waals surface area contributed by atoms with Crippen LogP contribution in [-0.2, 0) is 17.9 Å². The number of benzene rings is 2. The van der Waals surface area contributed by atoms with Gasteiger partial charge in [0.05, 0.1) is 23.6 Å². The van der Waals surface area contributed by atoms with E-state index in [0.29, 0.717) is 30.3 Å². The normalized spacial score (nSPS) is 10.8. The molecule has 4 nitrogen and oxygen atoms in total. The predicted octanol–water partition coefficient (Wildman–Crippen LogP) is 6.76. The molecule has 0 fully saturated rings. The third kappa shape index (κ3) is 13.3. The van der Waals surface area contributed by atoms with Gasteiger partial charge in [0.1, 0.15) is 5.75 Å². The Balaban J connectivity index is 0.00000588. The highest BCUT2D eigenvalue weighted by Crippen LogP contribution is 2.28. The summed E-state index contributed by atoms with van der Waals surface area (Å²) in [4.78, 5) is 14.8. The Labute approximate surface area is 267 Å². The first-order valence-corrected chi connectivity index (χ1v) is 16.6. The van der Waals surface area contributed by atoms with Crippen LogP contribution in [0.4, 0.5) is 5.69 Å². The molecule has 3 aromatic rings. The fraction of sp³-hybridized carbons (Fsp3) is 0.529. The van der Waals surface area contributed by atoms with E-state index in [1.54, 1.807) is 11.3 Å². The first-order chi connectivity index (χ1) is 19.6. The third-order valence-corrected chi connectivity index (χ3v) is 8.29. The zero-order chi connectivity index (χ0) is 28.4. The molecule has 0 atom stereocenters. The van der Waals surface area contributed by atoms with Gasteiger partial charge in [0.15, 0.2) is 12.7 Å². The molecule has 1 aromatic heterocycles. The Morgan fingerprint density at radius 3 is 2.20 bits per heavy atom. The quantitative estimate of drug-likeness (QED) is 0.0989. The highest BCUT2D eigenvalue weighted by Gasteiger charge is 2.17. The van der Waals surface area contributed by atoms with Gasteiger partial charge in [0, 0.05) is 17.7 Å². The van der Waals surface area contributed by atoms with Gasteiger partial charge in [-0.3, -0.25) is 4.79 Å². The van der Waals surface area contributed by atoms with Crippen LogP contribution in [-0.4, -0.2) is 12.5 Å². The van der Waals surface area contributed by atoms with E-state index in [4.69, 9.17) is 16.3 Å². The third-order valence-electron chi connectivity index (χ3n) is 7.31. The van der Waals surface area contributed by atoms with Crippen LogP contribution in [0.5, 0.6) is 5.75 Å². The Kier molecular flexibility index (Phi) is 18.0. The van der Waals surface area contributed by atoms with Crippen molar-refractivity contribution >= 4 is 34.5 Å². The van der Waals surface area contributed by atoms with Crippen LogP contribution in [0.3, 0.4) is 0 Å². The number of hydrogen-bond acceptors (Lipinski definition) is 3. The van der Waals surface area contributed by atoms with E-state index in [1.165, 1.54) is 70.6 Å². The molecule has 7 heteroatoms. The van der Waals surface area contributed by atoms with E-state index in [9.17, 15) is 4.79 Å². The SMILES string of the molecule is CCCCCCCCCCCCCCOc1cc(CN(C(=O)CC)c2cccc(C[n+]3ccsc3)c2)ccc1Cl.[Br-]. The van der Waals surface area contributed by atoms with Gasteiger partial charge in [-0.25, -0.2) is 0 Å². The number of ether oxygens (including phenoxy) is 1. The lowest BCUT2D eigenvalue weighted by Crippen LogP contribution is -3.00. The standard InChI is InChI=1S/C34H48ClN2O2S.BrH/c1-3-5-6-7-8-9-10-11-12-13-14-15-22-39-33-25-30(19-20-32(33)35)27-37(34(38)4-2)31-18-16-17-29(24-31)26-36-21-23-40-28-36;/h16-21,23-25,28H,3-15,22,26-27H2,1-2H3;1H/q+1;/p-1. The van der Waals surface area contributed by atoms with E-state index < -0.39 is 0 Å². The molecule has 3 rings (SSSR count). The molecule has 0 N–H and O–H groups in total. The molecule has 0 bridgehead atoms. The molecule has 0 saturated heterocycles. The van der Waals surface area contributed by atoms with Crippen molar-refractivity contribution in [1.82, 2.24) is 0 Å². The van der Waals surface area contributed by atoms with Gasteiger partial charge < -0.3 is 26.6 Å². The van der Waals surface area contributed by atoms with Crippen molar-refractivity contribution in [1.29, 1.82) is 0 Å². The van der Waals surface area contributed by atoms with E-state index in [1.807, 2.05) is 42.2 Å². The number of halogens is 2. The lowest BCUT2D eigenvalue weighted by Gasteiger charge is -2.23. The molecule has 2 aromatic carbocycles. The van der Waals surface area contributed by atoms with Gasteiger partial charge in [-0.05, 0) is 36.2 Å². The maximum atomic E-state index is 13.0. The number of amides is 1. The Hall–Kier alpha value is -1.89. The molecule has 0 aliphatic heterocycles. The average molecular weight is 664 g/mol. The fourth-order valence-corrected chi connectivity index (χ4v) is 5.73. The largest absolute Gasteiger partial charge is 1.00 e. The van der Waals surface area contributed by atoms with Crippen molar-refractivity contribution in [2.24, 2.45) is 0 Å². The Morgan fingerprint density at radius 1 is 0.878 bits per heavy atom. The van der Waals surface area contributed by atoms with E-state index in [-0.39, 0.29) is 22.9 Å². The number of thiazole rings is 1. The second-order valence-corrected chi connectivity index (χ2v) is 11.9. The second-order valence-electron chi connectivity index (χ2n) is 10.7. The number of unbranched alkanes of at least 4 members (excludes halogenated alkanes) is 11. The highest BCUT2D eigenvalue weighted by atomic mass is 79.9. The number of nitrogens with zero attached hydrogens (tertiary/aromatic N) is 2. The minimum atomic E-state index is 0. The summed E-state index contributed by atoms with van der Waals surface area (Å²) in [6.07, 6.45) is 18.4. The molecule has 0 spiro atoms. The van der Waals surface area contributed by atoms with Crippen molar-refractivity contribution in [3.63, 3.8) is 0 Å². The topological polar surface area (TPSA) is 33.4 Å². The molecule has 0 saturated carbocycles. The van der Waals surface area contributed by atoms with Crippen LogP contribution in [0, 0.1) is 0 Å². The van der Waals surface area contributed by atoms with Crippen LogP contribution < -0.4 is 31.2 Å². The van der Waals surface area contributed by atoms with Gasteiger partial charge in [-0.2, -0.15) is 4.57 Å². The van der Waals surface area contributed by atoms with Crippen LogP contribution >= 0.6 is 22.9 Å². The van der Waals surface area contributed by atoms with Crippen LogP contribution in [0.2, 0.25) is 5.02 Å². The summed E-state index contributed by atoms with van der Waals surface area (Å²) in [5, 5.41) is 2.68. The molecule has 41 heavy (non-hydrogen) atoms. The molecule has 226 valence electrons. The van der Waals surface area contributed by atoms with Crippen LogP contribution in [0.1, 0.15) is 108 Å². The maximum Gasteiger partial charge on any atom is 0.227 e. The molecule has 0 aliphatic carbocycles. The van der Waals surface area contributed by atoms with Crippen LogP contribution in [0.25, 0.3) is 0 Å². The molecule has 0 radical (unpaired) electrons. The van der Waals surface area contributed by atoms with E-state index >= 15 is 0 Å². The summed E-state index contributed by atoms with van der Waals surface area (Å²) >= 11 is 8.14. The van der Waals surface area contributed by atoms with Crippen molar-refractivity contribution in [2.45, 2.75) is 110 Å². The monoisotopic (exact) mass is 662 g/mol. The van der Waals surface area contributed by atoms with Gasteiger partial charge in [0.25, 0.3) is 0 Å². The number of carbonyl (C=O) groups is 1. The van der Waals surface area contributed by atoms with Crippen molar-refractivity contribution in [3.8, 4) is 5.75 Å². The Morgan fingerprint density at radius 2 is 1.56 bits per heavy atom. The maximum absolute atomic E-state index is 13.0. The predicted molar refractivity (Wildman–Crippen MR) is 170 cm³/mol. The zero-order valence-electron chi connectivity index (χ0n) is 25.0. The first-order valence-electron chi connectivity index (χ1n) is 15.3. The number of aromatic nitrogens is 1. The van der Waals surface area contributed by atoms with Crippen LogP contribution in [0.15, 0.2) is 59.6 Å². The van der Waals surface area contributed by atoms with Gasteiger partial charge in [0.2, 0.25) is 11.4 Å². The Bertz CT molecular complexity index is 1130. The second kappa shape index (κ2) is 20.9. The lowest BCUT2D eigenvalue weighted by molar-refractivity contribution is -0.683. The summed E-state index contributed by atoms with van der Waals surface area (Å²) in [7, 11) is 0.